The summed E-state index contributed by atoms with van der Waals surface area (Å²) in [6.45, 7) is 3.90. The topological polar surface area (TPSA) is 57.7 Å². The van der Waals surface area contributed by atoms with Crippen LogP contribution in [0.15, 0.2) is 54.6 Å². The van der Waals surface area contributed by atoms with Crippen molar-refractivity contribution in [3.63, 3.8) is 0 Å². The quantitative estimate of drug-likeness (QED) is 0.571. The second-order valence-electron chi connectivity index (χ2n) is 6.17. The van der Waals surface area contributed by atoms with Gasteiger partial charge in [0.25, 0.3) is 0 Å². The van der Waals surface area contributed by atoms with Crippen molar-refractivity contribution >= 4 is 5.97 Å². The summed E-state index contributed by atoms with van der Waals surface area (Å²) in [5, 5.41) is 0. The van der Waals surface area contributed by atoms with Gasteiger partial charge >= 0.3 is 5.97 Å². The van der Waals surface area contributed by atoms with Gasteiger partial charge < -0.3 is 14.2 Å². The number of aromatic nitrogens is 1. The number of pyridine rings is 1. The molecule has 0 N–H and O–H groups in total. The number of rotatable bonds is 6. The van der Waals surface area contributed by atoms with Crippen LogP contribution in [0.4, 0.5) is 0 Å². The predicted molar refractivity (Wildman–Crippen MR) is 109 cm³/mol. The van der Waals surface area contributed by atoms with Crippen LogP contribution >= 0.6 is 0 Å². The lowest BCUT2D eigenvalue weighted by Gasteiger charge is -2.15. The normalized spacial score (nSPS) is 10.4. The van der Waals surface area contributed by atoms with E-state index in [0.717, 1.165) is 22.4 Å². The molecule has 0 aliphatic carbocycles. The van der Waals surface area contributed by atoms with Gasteiger partial charge in [-0.2, -0.15) is 0 Å². The Morgan fingerprint density at radius 3 is 2.29 bits per heavy atom. The van der Waals surface area contributed by atoms with Gasteiger partial charge in [-0.1, -0.05) is 36.4 Å². The zero-order chi connectivity index (χ0) is 20.1. The lowest BCUT2D eigenvalue weighted by atomic mass is 9.96. The number of nitrogens with zero attached hydrogens (tertiary/aromatic N) is 1. The highest BCUT2D eigenvalue weighted by Gasteiger charge is 2.21. The molecule has 0 amide bonds. The molecule has 0 aliphatic heterocycles. The zero-order valence-corrected chi connectivity index (χ0v) is 16.5. The second-order valence-corrected chi connectivity index (χ2v) is 6.17. The van der Waals surface area contributed by atoms with E-state index in [2.05, 4.69) is 4.98 Å². The minimum Gasteiger partial charge on any atom is -0.493 e. The average molecular weight is 377 g/mol. The highest BCUT2D eigenvalue weighted by atomic mass is 16.5. The maximum absolute atomic E-state index is 12.7. The van der Waals surface area contributed by atoms with Gasteiger partial charge in [0.05, 0.1) is 37.8 Å². The molecule has 0 atom stereocenters. The standard InChI is InChI=1S/C23H23NO4/c1-5-28-23(25)22-15(2)24-19(16-9-7-6-8-10-16)14-18(22)17-11-12-20(26-3)21(13-17)27-4/h6-14H,5H2,1-4H3. The first-order valence-electron chi connectivity index (χ1n) is 9.05. The maximum Gasteiger partial charge on any atom is 0.340 e. The molecule has 0 bridgehead atoms. The predicted octanol–water partition coefficient (Wildman–Crippen LogP) is 4.92. The van der Waals surface area contributed by atoms with Crippen LogP contribution in [-0.2, 0) is 4.74 Å². The van der Waals surface area contributed by atoms with Gasteiger partial charge in [0.2, 0.25) is 0 Å². The number of carbonyl (C=O) groups excluding carboxylic acids is 1. The summed E-state index contributed by atoms with van der Waals surface area (Å²) in [5.74, 6) is 0.820. The van der Waals surface area contributed by atoms with Crippen molar-refractivity contribution in [1.82, 2.24) is 4.98 Å². The average Bonchev–Trinajstić information content (AvgIpc) is 2.73. The van der Waals surface area contributed by atoms with Gasteiger partial charge in [-0.3, -0.25) is 4.98 Å². The minimum absolute atomic E-state index is 0.296. The molecule has 3 rings (SSSR count). The van der Waals surface area contributed by atoms with E-state index < -0.39 is 5.97 Å². The molecule has 0 fully saturated rings. The molecule has 0 spiro atoms. The van der Waals surface area contributed by atoms with E-state index in [4.69, 9.17) is 14.2 Å². The number of carbonyl (C=O) groups is 1. The number of methoxy groups -OCH3 is 2. The van der Waals surface area contributed by atoms with Crippen LogP contribution in [0.2, 0.25) is 0 Å². The molecule has 0 unspecified atom stereocenters. The smallest absolute Gasteiger partial charge is 0.340 e. The molecule has 144 valence electrons. The van der Waals surface area contributed by atoms with E-state index >= 15 is 0 Å². The monoisotopic (exact) mass is 377 g/mol. The van der Waals surface area contributed by atoms with Crippen molar-refractivity contribution in [3.05, 3.63) is 65.9 Å². The number of ether oxygens (including phenoxy) is 3. The van der Waals surface area contributed by atoms with Gasteiger partial charge in [-0.25, -0.2) is 4.79 Å². The van der Waals surface area contributed by atoms with Crippen molar-refractivity contribution in [2.45, 2.75) is 13.8 Å². The van der Waals surface area contributed by atoms with Crippen LogP contribution in [0.25, 0.3) is 22.4 Å². The number of hydrogen-bond acceptors (Lipinski definition) is 5. The first-order chi connectivity index (χ1) is 13.6. The molecule has 3 aromatic rings. The molecule has 2 aromatic carbocycles. The fourth-order valence-electron chi connectivity index (χ4n) is 3.12. The number of benzene rings is 2. The number of esters is 1. The van der Waals surface area contributed by atoms with E-state index in [9.17, 15) is 4.79 Å². The first-order valence-corrected chi connectivity index (χ1v) is 9.05. The molecular formula is C23H23NO4. The fourth-order valence-corrected chi connectivity index (χ4v) is 3.12. The number of hydrogen-bond donors (Lipinski definition) is 0. The van der Waals surface area contributed by atoms with E-state index in [-0.39, 0.29) is 0 Å². The van der Waals surface area contributed by atoms with E-state index in [1.54, 1.807) is 21.1 Å². The van der Waals surface area contributed by atoms with Crippen LogP contribution in [0, 0.1) is 6.92 Å². The molecular weight excluding hydrogens is 354 g/mol. The van der Waals surface area contributed by atoms with E-state index in [1.807, 2.05) is 61.5 Å². The molecule has 5 heteroatoms. The van der Waals surface area contributed by atoms with Gasteiger partial charge in [0.15, 0.2) is 11.5 Å². The summed E-state index contributed by atoms with van der Waals surface area (Å²) in [5.41, 5.74) is 4.39. The van der Waals surface area contributed by atoms with Gasteiger partial charge in [-0.15, -0.1) is 0 Å². The highest BCUT2D eigenvalue weighted by Crippen LogP contribution is 2.36. The van der Waals surface area contributed by atoms with Crippen LogP contribution < -0.4 is 9.47 Å². The van der Waals surface area contributed by atoms with E-state index in [0.29, 0.717) is 29.4 Å². The first kappa shape index (κ1) is 19.4. The highest BCUT2D eigenvalue weighted by molar-refractivity contribution is 5.99. The van der Waals surface area contributed by atoms with E-state index in [1.165, 1.54) is 0 Å². The Bertz CT molecular complexity index is 983. The maximum atomic E-state index is 12.7. The lowest BCUT2D eigenvalue weighted by molar-refractivity contribution is 0.0526. The Labute approximate surface area is 164 Å². The molecule has 28 heavy (non-hydrogen) atoms. The Kier molecular flexibility index (Phi) is 5.94. The van der Waals surface area contributed by atoms with Crippen molar-refractivity contribution in [2.75, 3.05) is 20.8 Å². The minimum atomic E-state index is -0.392. The molecule has 1 heterocycles. The summed E-state index contributed by atoms with van der Waals surface area (Å²) in [7, 11) is 3.17. The van der Waals surface area contributed by atoms with Crippen LogP contribution in [0.5, 0.6) is 11.5 Å². The number of aryl methyl sites for hydroxylation is 1. The summed E-state index contributed by atoms with van der Waals surface area (Å²) >= 11 is 0. The Hall–Kier alpha value is -3.34. The molecule has 0 radical (unpaired) electrons. The Morgan fingerprint density at radius 1 is 0.929 bits per heavy atom. The van der Waals surface area contributed by atoms with Crippen molar-refractivity contribution in [3.8, 4) is 33.9 Å². The zero-order valence-electron chi connectivity index (χ0n) is 16.5. The summed E-state index contributed by atoms with van der Waals surface area (Å²) in [6, 6.07) is 17.3. The third-order valence-corrected chi connectivity index (χ3v) is 4.44. The van der Waals surface area contributed by atoms with Gasteiger partial charge in [-0.05, 0) is 37.6 Å². The summed E-state index contributed by atoms with van der Waals surface area (Å²) in [4.78, 5) is 17.3. The summed E-state index contributed by atoms with van der Waals surface area (Å²) < 4.78 is 16.0. The third kappa shape index (κ3) is 3.83. The molecule has 1 aromatic heterocycles. The summed E-state index contributed by atoms with van der Waals surface area (Å²) in [6.07, 6.45) is 0. The van der Waals surface area contributed by atoms with Crippen molar-refractivity contribution in [2.24, 2.45) is 0 Å². The van der Waals surface area contributed by atoms with Crippen LogP contribution in [0.1, 0.15) is 23.0 Å². The molecule has 5 nitrogen and oxygen atoms in total. The Morgan fingerprint density at radius 2 is 1.64 bits per heavy atom. The fraction of sp³-hybridized carbons (Fsp3) is 0.217. The third-order valence-electron chi connectivity index (χ3n) is 4.44. The largest absolute Gasteiger partial charge is 0.493 e. The molecule has 0 aliphatic rings. The van der Waals surface area contributed by atoms with Gasteiger partial charge in [0.1, 0.15) is 0 Å². The SMILES string of the molecule is CCOC(=O)c1c(-c2ccc(OC)c(OC)c2)cc(-c2ccccc2)nc1C. The second kappa shape index (κ2) is 8.57. The van der Waals surface area contributed by atoms with Crippen molar-refractivity contribution < 1.29 is 19.0 Å². The molecule has 0 saturated heterocycles. The van der Waals surface area contributed by atoms with Crippen LogP contribution in [-0.4, -0.2) is 31.8 Å². The molecule has 0 saturated carbocycles. The van der Waals surface area contributed by atoms with Crippen LogP contribution in [0.3, 0.4) is 0 Å². The lowest BCUT2D eigenvalue weighted by Crippen LogP contribution is -2.10. The Balaban J connectivity index is 2.24. The van der Waals surface area contributed by atoms with Gasteiger partial charge in [0, 0.05) is 11.1 Å². The van der Waals surface area contributed by atoms with Crippen molar-refractivity contribution in [1.29, 1.82) is 0 Å².